The predicted octanol–water partition coefficient (Wildman–Crippen LogP) is 2.49. The molecule has 1 aromatic carbocycles. The Hall–Kier alpha value is -1.40. The van der Waals surface area contributed by atoms with Crippen LogP contribution in [-0.4, -0.2) is 37.4 Å². The molecule has 3 rings (SSSR count). The van der Waals surface area contributed by atoms with E-state index in [2.05, 4.69) is 0 Å². The number of rotatable bonds is 4. The van der Waals surface area contributed by atoms with Crippen molar-refractivity contribution in [3.8, 4) is 0 Å². The minimum absolute atomic E-state index is 0.0786. The first-order valence-corrected chi connectivity index (χ1v) is 9.59. The first-order valence-electron chi connectivity index (χ1n) is 8.15. The lowest BCUT2D eigenvalue weighted by Crippen LogP contribution is -2.32. The third-order valence-corrected chi connectivity index (χ3v) is 6.97. The first-order chi connectivity index (χ1) is 10.9. The lowest BCUT2D eigenvalue weighted by atomic mass is 9.82. The fraction of sp³-hybridized carbons (Fsp3) is 0.588. The molecule has 2 fully saturated rings. The maximum atomic E-state index is 12.7. The molecular weight excluding hydrogens is 314 g/mol. The summed E-state index contributed by atoms with van der Waals surface area (Å²) in [6, 6.07) is 6.98. The van der Waals surface area contributed by atoms with Crippen LogP contribution in [0.15, 0.2) is 29.2 Å². The molecule has 5 nitrogen and oxygen atoms in total. The van der Waals surface area contributed by atoms with Crippen molar-refractivity contribution < 1.29 is 17.9 Å². The van der Waals surface area contributed by atoms with Crippen molar-refractivity contribution in [2.75, 3.05) is 13.2 Å². The number of hydrogen-bond donors (Lipinski definition) is 0. The molecule has 0 radical (unpaired) electrons. The van der Waals surface area contributed by atoms with E-state index in [1.807, 2.05) is 19.1 Å². The number of esters is 1. The average Bonchev–Trinajstić information content (AvgIpc) is 3.23. The zero-order chi connectivity index (χ0) is 16.7. The van der Waals surface area contributed by atoms with Crippen LogP contribution in [-0.2, 0) is 19.6 Å². The summed E-state index contributed by atoms with van der Waals surface area (Å²) in [5.74, 6) is -0.221. The number of nitrogens with zero attached hydrogens (tertiary/aromatic N) is 1. The second-order valence-electron chi connectivity index (χ2n) is 6.58. The fourth-order valence-electron chi connectivity index (χ4n) is 3.47. The predicted molar refractivity (Wildman–Crippen MR) is 86.4 cm³/mol. The van der Waals surface area contributed by atoms with Crippen molar-refractivity contribution >= 4 is 16.0 Å². The molecule has 0 N–H and O–H groups in total. The average molecular weight is 337 g/mol. The third kappa shape index (κ3) is 3.02. The van der Waals surface area contributed by atoms with Gasteiger partial charge >= 0.3 is 5.97 Å². The molecule has 23 heavy (non-hydrogen) atoms. The molecule has 1 unspecified atom stereocenters. The van der Waals surface area contributed by atoms with Gasteiger partial charge < -0.3 is 4.74 Å². The van der Waals surface area contributed by atoms with E-state index in [9.17, 15) is 13.2 Å². The second-order valence-corrected chi connectivity index (χ2v) is 8.44. The van der Waals surface area contributed by atoms with E-state index in [4.69, 9.17) is 4.74 Å². The molecule has 1 atom stereocenters. The highest BCUT2D eigenvalue weighted by molar-refractivity contribution is 7.89. The highest BCUT2D eigenvalue weighted by Gasteiger charge is 2.59. The number of aryl methyl sites for hydroxylation is 1. The van der Waals surface area contributed by atoms with Crippen molar-refractivity contribution in [1.82, 2.24) is 4.31 Å². The lowest BCUT2D eigenvalue weighted by molar-refractivity contribution is -0.149. The van der Waals surface area contributed by atoms with Gasteiger partial charge in [0.15, 0.2) is 0 Å². The van der Waals surface area contributed by atoms with Crippen molar-refractivity contribution in [3.63, 3.8) is 0 Å². The van der Waals surface area contributed by atoms with Crippen LogP contribution in [0, 0.1) is 12.8 Å². The smallest absolute Gasteiger partial charge is 0.308 e. The molecule has 0 aromatic heterocycles. The van der Waals surface area contributed by atoms with Crippen molar-refractivity contribution in [3.05, 3.63) is 29.8 Å². The number of carbonyl (C=O) groups excluding carboxylic acids is 1. The van der Waals surface area contributed by atoms with Gasteiger partial charge in [-0.3, -0.25) is 4.79 Å². The summed E-state index contributed by atoms with van der Waals surface area (Å²) in [6.45, 7) is 4.71. The van der Waals surface area contributed by atoms with Crippen molar-refractivity contribution in [2.45, 2.75) is 50.0 Å². The van der Waals surface area contributed by atoms with Crippen LogP contribution in [0.1, 0.15) is 38.2 Å². The normalized spacial score (nSPS) is 30.2. The molecule has 2 aliphatic rings. The molecule has 1 aliphatic heterocycles. The highest BCUT2D eigenvalue weighted by atomic mass is 32.2. The molecule has 1 aromatic rings. The summed E-state index contributed by atoms with van der Waals surface area (Å²) in [5.41, 5.74) is 0.770. The summed E-state index contributed by atoms with van der Waals surface area (Å²) in [6.07, 6.45) is 2.89. The molecule has 1 saturated heterocycles. The van der Waals surface area contributed by atoms with Crippen LogP contribution in [0.5, 0.6) is 0 Å². The largest absolute Gasteiger partial charge is 0.466 e. The van der Waals surface area contributed by atoms with E-state index < -0.39 is 10.0 Å². The molecule has 1 aliphatic carbocycles. The Morgan fingerprint density at radius 2 is 1.87 bits per heavy atom. The van der Waals surface area contributed by atoms with Gasteiger partial charge in [0.2, 0.25) is 10.0 Å². The molecular formula is C17H23NO4S. The molecule has 0 bridgehead atoms. The van der Waals surface area contributed by atoms with Gasteiger partial charge in [0.1, 0.15) is 0 Å². The summed E-state index contributed by atoms with van der Waals surface area (Å²) in [7, 11) is -3.42. The molecule has 126 valence electrons. The van der Waals surface area contributed by atoms with E-state index in [-0.39, 0.29) is 17.4 Å². The summed E-state index contributed by atoms with van der Waals surface area (Å²) in [5, 5.41) is 0. The van der Waals surface area contributed by atoms with Crippen molar-refractivity contribution in [1.29, 1.82) is 0 Å². The second kappa shape index (κ2) is 5.91. The monoisotopic (exact) mass is 337 g/mol. The Bertz CT molecular complexity index is 688. The summed E-state index contributed by atoms with van der Waals surface area (Å²) < 4.78 is 32.1. The van der Waals surface area contributed by atoms with E-state index >= 15 is 0 Å². The lowest BCUT2D eigenvalue weighted by Gasteiger charge is -2.27. The fourth-order valence-corrected chi connectivity index (χ4v) is 5.31. The molecule has 6 heteroatoms. The van der Waals surface area contributed by atoms with Crippen LogP contribution in [0.2, 0.25) is 0 Å². The Balaban J connectivity index is 1.67. The number of ether oxygens (including phenoxy) is 1. The molecule has 1 spiro atoms. The number of benzene rings is 1. The number of hydrogen-bond acceptors (Lipinski definition) is 4. The van der Waals surface area contributed by atoms with Gasteiger partial charge in [-0.15, -0.1) is 0 Å². The van der Waals surface area contributed by atoms with Crippen LogP contribution < -0.4 is 0 Å². The molecule has 1 saturated carbocycles. The quantitative estimate of drug-likeness (QED) is 0.625. The maximum Gasteiger partial charge on any atom is 0.308 e. The minimum atomic E-state index is -3.42. The summed E-state index contributed by atoms with van der Waals surface area (Å²) >= 11 is 0. The number of sulfonamides is 1. The Morgan fingerprint density at radius 1 is 1.26 bits per heavy atom. The topological polar surface area (TPSA) is 63.5 Å². The van der Waals surface area contributed by atoms with E-state index in [1.165, 1.54) is 0 Å². The van der Waals surface area contributed by atoms with Crippen molar-refractivity contribution in [2.24, 2.45) is 5.92 Å². The minimum Gasteiger partial charge on any atom is -0.466 e. The van der Waals surface area contributed by atoms with Gasteiger partial charge in [-0.1, -0.05) is 17.7 Å². The zero-order valence-electron chi connectivity index (χ0n) is 13.6. The van der Waals surface area contributed by atoms with Gasteiger partial charge in [0.05, 0.1) is 23.0 Å². The first kappa shape index (κ1) is 16.5. The van der Waals surface area contributed by atoms with Gasteiger partial charge in [-0.2, -0.15) is 4.31 Å². The van der Waals surface area contributed by atoms with Crippen LogP contribution in [0.3, 0.4) is 0 Å². The summed E-state index contributed by atoms with van der Waals surface area (Å²) in [4.78, 5) is 12.2. The van der Waals surface area contributed by atoms with Crippen LogP contribution in [0.4, 0.5) is 0 Å². The van der Waals surface area contributed by atoms with E-state index in [1.54, 1.807) is 23.4 Å². The third-order valence-electron chi connectivity index (χ3n) is 5.01. The zero-order valence-corrected chi connectivity index (χ0v) is 14.4. The van der Waals surface area contributed by atoms with Gasteiger partial charge in [0, 0.05) is 6.54 Å². The van der Waals surface area contributed by atoms with Crippen LogP contribution >= 0.6 is 0 Å². The highest BCUT2D eigenvalue weighted by Crippen LogP contribution is 2.49. The van der Waals surface area contributed by atoms with Gasteiger partial charge in [-0.25, -0.2) is 8.42 Å². The Labute approximate surface area is 137 Å². The standard InChI is InChI=1S/C17H23NO4S/c1-3-22-16(19)14-8-10-17(11-9-14)12-18(17)23(20,21)15-6-4-13(2)5-7-15/h4-7,14H,3,8-12H2,1-2H3. The number of carbonyl (C=O) groups is 1. The van der Waals surface area contributed by atoms with E-state index in [0.29, 0.717) is 30.9 Å². The van der Waals surface area contributed by atoms with Gasteiger partial charge in [0.25, 0.3) is 0 Å². The Morgan fingerprint density at radius 3 is 2.43 bits per heavy atom. The molecule has 1 heterocycles. The maximum absolute atomic E-state index is 12.7. The SMILES string of the molecule is CCOC(=O)C1CCC2(CC1)CN2S(=O)(=O)c1ccc(C)cc1. The van der Waals surface area contributed by atoms with Gasteiger partial charge in [-0.05, 0) is 51.7 Å². The van der Waals surface area contributed by atoms with E-state index in [0.717, 1.165) is 18.4 Å². The molecule has 0 amide bonds. The Kier molecular flexibility index (Phi) is 4.23. The van der Waals surface area contributed by atoms with Crippen LogP contribution in [0.25, 0.3) is 0 Å².